The molecule has 3 aromatic rings. The van der Waals surface area contributed by atoms with Crippen LogP contribution in [-0.2, 0) is 17.8 Å². The first-order chi connectivity index (χ1) is 13.0. The van der Waals surface area contributed by atoms with Gasteiger partial charge in [0.25, 0.3) is 5.56 Å². The lowest BCUT2D eigenvalue weighted by Gasteiger charge is -2.11. The van der Waals surface area contributed by atoms with Gasteiger partial charge in [-0.2, -0.15) is 0 Å². The summed E-state index contributed by atoms with van der Waals surface area (Å²) >= 11 is 11.9. The van der Waals surface area contributed by atoms with Gasteiger partial charge < -0.3 is 5.32 Å². The Morgan fingerprint density at radius 1 is 1.15 bits per heavy atom. The van der Waals surface area contributed by atoms with Crippen LogP contribution in [0.3, 0.4) is 0 Å². The smallest absolute Gasteiger partial charge is 0.261 e. The summed E-state index contributed by atoms with van der Waals surface area (Å²) < 4.78 is 1.40. The Bertz CT molecular complexity index is 1050. The molecule has 0 atom stereocenters. The number of amides is 1. The van der Waals surface area contributed by atoms with Crippen LogP contribution in [0.15, 0.2) is 47.3 Å². The molecule has 1 amide bonds. The van der Waals surface area contributed by atoms with E-state index in [0.29, 0.717) is 33.3 Å². The maximum absolute atomic E-state index is 12.6. The van der Waals surface area contributed by atoms with E-state index in [2.05, 4.69) is 10.3 Å². The maximum atomic E-state index is 12.6. The molecule has 140 valence electrons. The van der Waals surface area contributed by atoms with Crippen LogP contribution in [0.4, 0.5) is 0 Å². The van der Waals surface area contributed by atoms with Gasteiger partial charge in [-0.15, -0.1) is 0 Å². The highest BCUT2D eigenvalue weighted by Gasteiger charge is 2.11. The predicted molar refractivity (Wildman–Crippen MR) is 109 cm³/mol. The summed E-state index contributed by atoms with van der Waals surface area (Å²) in [4.78, 5) is 29.2. The maximum Gasteiger partial charge on any atom is 0.261 e. The van der Waals surface area contributed by atoms with Gasteiger partial charge in [0.2, 0.25) is 5.91 Å². The number of para-hydroxylation sites is 1. The molecule has 0 saturated carbocycles. The molecule has 1 aromatic heterocycles. The zero-order valence-electron chi connectivity index (χ0n) is 14.8. The summed E-state index contributed by atoms with van der Waals surface area (Å²) in [5.41, 5.74) is 1.49. The van der Waals surface area contributed by atoms with Gasteiger partial charge in [-0.25, -0.2) is 4.98 Å². The van der Waals surface area contributed by atoms with Gasteiger partial charge in [0, 0.05) is 6.54 Å². The van der Waals surface area contributed by atoms with Crippen molar-refractivity contribution in [3.05, 3.63) is 74.3 Å². The van der Waals surface area contributed by atoms with Crippen molar-refractivity contribution in [3.8, 4) is 0 Å². The second-order valence-corrected chi connectivity index (χ2v) is 7.08. The standard InChI is InChI=1S/C20H19Cl2N3O2/c1-13-24-18-7-3-2-6-15(18)20(27)25(13)12-19(26)23-10-4-5-14-8-9-16(21)17(22)11-14/h2-3,6-9,11H,4-5,10,12H2,1H3,(H,23,26). The number of nitrogens with one attached hydrogen (secondary N) is 1. The van der Waals surface area contributed by atoms with Crippen LogP contribution in [0.2, 0.25) is 10.0 Å². The number of fused-ring (bicyclic) bond motifs is 1. The molecule has 0 aliphatic carbocycles. The molecular weight excluding hydrogens is 385 g/mol. The van der Waals surface area contributed by atoms with Gasteiger partial charge in [-0.3, -0.25) is 14.2 Å². The minimum absolute atomic E-state index is 0.0464. The van der Waals surface area contributed by atoms with E-state index >= 15 is 0 Å². The van der Waals surface area contributed by atoms with Crippen LogP contribution in [-0.4, -0.2) is 22.0 Å². The number of halogens is 2. The zero-order valence-corrected chi connectivity index (χ0v) is 16.3. The van der Waals surface area contributed by atoms with Crippen molar-refractivity contribution < 1.29 is 4.79 Å². The molecule has 0 fully saturated rings. The Morgan fingerprint density at radius 3 is 2.70 bits per heavy atom. The van der Waals surface area contributed by atoms with Crippen molar-refractivity contribution in [3.63, 3.8) is 0 Å². The Balaban J connectivity index is 1.57. The number of carbonyl (C=O) groups is 1. The fourth-order valence-corrected chi connectivity index (χ4v) is 3.20. The van der Waals surface area contributed by atoms with E-state index in [9.17, 15) is 9.59 Å². The molecule has 0 unspecified atom stereocenters. The molecule has 1 N–H and O–H groups in total. The summed E-state index contributed by atoms with van der Waals surface area (Å²) in [7, 11) is 0. The highest BCUT2D eigenvalue weighted by Crippen LogP contribution is 2.23. The van der Waals surface area contributed by atoms with E-state index in [1.807, 2.05) is 18.2 Å². The van der Waals surface area contributed by atoms with Gasteiger partial charge in [0.15, 0.2) is 0 Å². The van der Waals surface area contributed by atoms with Crippen LogP contribution in [0.25, 0.3) is 10.9 Å². The van der Waals surface area contributed by atoms with Crippen molar-refractivity contribution in [1.82, 2.24) is 14.9 Å². The van der Waals surface area contributed by atoms with Crippen molar-refractivity contribution in [2.75, 3.05) is 6.54 Å². The topological polar surface area (TPSA) is 64.0 Å². The number of aryl methyl sites for hydroxylation is 2. The molecule has 0 spiro atoms. The minimum atomic E-state index is -0.216. The SMILES string of the molecule is Cc1nc2ccccc2c(=O)n1CC(=O)NCCCc1ccc(Cl)c(Cl)c1. The van der Waals surface area contributed by atoms with Crippen molar-refractivity contribution in [1.29, 1.82) is 0 Å². The molecule has 3 rings (SSSR count). The fourth-order valence-electron chi connectivity index (χ4n) is 2.88. The molecular formula is C20H19Cl2N3O2. The highest BCUT2D eigenvalue weighted by atomic mass is 35.5. The van der Waals surface area contributed by atoms with Crippen LogP contribution < -0.4 is 10.9 Å². The molecule has 5 nitrogen and oxygen atoms in total. The van der Waals surface area contributed by atoms with Gasteiger partial charge in [0.1, 0.15) is 12.4 Å². The first-order valence-corrected chi connectivity index (χ1v) is 9.38. The molecule has 2 aromatic carbocycles. The second-order valence-electron chi connectivity index (χ2n) is 6.27. The van der Waals surface area contributed by atoms with E-state index in [4.69, 9.17) is 23.2 Å². The van der Waals surface area contributed by atoms with Crippen LogP contribution in [0.5, 0.6) is 0 Å². The van der Waals surface area contributed by atoms with Gasteiger partial charge in [-0.05, 0) is 49.6 Å². The number of aromatic nitrogens is 2. The third-order valence-electron chi connectivity index (χ3n) is 4.30. The van der Waals surface area contributed by atoms with Crippen LogP contribution in [0.1, 0.15) is 17.8 Å². The third kappa shape index (κ3) is 4.67. The molecule has 1 heterocycles. The van der Waals surface area contributed by atoms with Crippen molar-refractivity contribution in [2.24, 2.45) is 0 Å². The summed E-state index contributed by atoms with van der Waals surface area (Å²) in [5, 5.41) is 4.41. The minimum Gasteiger partial charge on any atom is -0.355 e. The first kappa shape index (κ1) is 19.4. The Morgan fingerprint density at radius 2 is 1.93 bits per heavy atom. The lowest BCUT2D eigenvalue weighted by Crippen LogP contribution is -2.34. The normalized spacial score (nSPS) is 10.9. The monoisotopic (exact) mass is 403 g/mol. The van der Waals surface area contributed by atoms with E-state index in [0.717, 1.165) is 18.4 Å². The molecule has 0 bridgehead atoms. The molecule has 0 aliphatic rings. The molecule has 0 aliphatic heterocycles. The predicted octanol–water partition coefficient (Wildman–Crippen LogP) is 3.76. The van der Waals surface area contributed by atoms with Gasteiger partial charge in [0.05, 0.1) is 20.9 Å². The van der Waals surface area contributed by atoms with E-state index in [1.165, 1.54) is 4.57 Å². The van der Waals surface area contributed by atoms with Gasteiger partial charge >= 0.3 is 0 Å². The molecule has 0 saturated heterocycles. The largest absolute Gasteiger partial charge is 0.355 e. The zero-order chi connectivity index (χ0) is 19.4. The number of rotatable bonds is 6. The van der Waals surface area contributed by atoms with Crippen molar-refractivity contribution in [2.45, 2.75) is 26.3 Å². The Kier molecular flexibility index (Phi) is 6.14. The fraction of sp³-hybridized carbons (Fsp3) is 0.250. The average molecular weight is 404 g/mol. The average Bonchev–Trinajstić information content (AvgIpc) is 2.65. The number of carbonyl (C=O) groups excluding carboxylic acids is 1. The van der Waals surface area contributed by atoms with E-state index in [1.54, 1.807) is 31.2 Å². The molecule has 0 radical (unpaired) electrons. The summed E-state index contributed by atoms with van der Waals surface area (Å²) in [6, 6.07) is 12.6. The highest BCUT2D eigenvalue weighted by molar-refractivity contribution is 6.42. The quantitative estimate of drug-likeness (QED) is 0.637. The number of hydrogen-bond donors (Lipinski definition) is 1. The number of benzene rings is 2. The van der Waals surface area contributed by atoms with Gasteiger partial charge in [-0.1, -0.05) is 41.4 Å². The third-order valence-corrected chi connectivity index (χ3v) is 5.04. The first-order valence-electron chi connectivity index (χ1n) is 8.62. The summed E-state index contributed by atoms with van der Waals surface area (Å²) in [6.45, 7) is 2.19. The number of hydrogen-bond acceptors (Lipinski definition) is 3. The van der Waals surface area contributed by atoms with Crippen LogP contribution in [0, 0.1) is 6.92 Å². The lowest BCUT2D eigenvalue weighted by atomic mass is 10.1. The van der Waals surface area contributed by atoms with Crippen LogP contribution >= 0.6 is 23.2 Å². The molecule has 7 heteroatoms. The Labute approximate surface area is 166 Å². The summed E-state index contributed by atoms with van der Waals surface area (Å²) in [5.74, 6) is 0.302. The molecule has 27 heavy (non-hydrogen) atoms. The number of nitrogens with zero attached hydrogens (tertiary/aromatic N) is 2. The van der Waals surface area contributed by atoms with E-state index in [-0.39, 0.29) is 18.0 Å². The van der Waals surface area contributed by atoms with E-state index < -0.39 is 0 Å². The second kappa shape index (κ2) is 8.55. The van der Waals surface area contributed by atoms with Crippen molar-refractivity contribution >= 4 is 40.0 Å². The lowest BCUT2D eigenvalue weighted by molar-refractivity contribution is -0.121. The summed E-state index contributed by atoms with van der Waals surface area (Å²) in [6.07, 6.45) is 1.53. The Hall–Kier alpha value is -2.37.